The summed E-state index contributed by atoms with van der Waals surface area (Å²) in [6, 6.07) is 12.4. The first-order valence-electron chi connectivity index (χ1n) is 10.8. The molecule has 0 radical (unpaired) electrons. The van der Waals surface area contributed by atoms with Crippen LogP contribution in [-0.4, -0.2) is 58.9 Å². The summed E-state index contributed by atoms with van der Waals surface area (Å²) >= 11 is 1.62. The number of halogens is 1. The van der Waals surface area contributed by atoms with Crippen LogP contribution in [0, 0.1) is 19.7 Å². The van der Waals surface area contributed by atoms with Gasteiger partial charge in [0, 0.05) is 31.7 Å². The third-order valence-corrected chi connectivity index (χ3v) is 7.16. The topological polar surface area (TPSA) is 63.5 Å². The highest BCUT2D eigenvalue weighted by molar-refractivity contribution is 7.22. The minimum Gasteiger partial charge on any atom is -0.497 e. The highest BCUT2D eigenvalue weighted by Gasteiger charge is 2.25. The van der Waals surface area contributed by atoms with E-state index in [2.05, 4.69) is 10.00 Å². The molecule has 0 N–H and O–H groups in total. The van der Waals surface area contributed by atoms with E-state index in [1.807, 2.05) is 35.9 Å². The van der Waals surface area contributed by atoms with Crippen molar-refractivity contribution in [2.45, 2.75) is 13.8 Å². The second kappa shape index (κ2) is 8.47. The Morgan fingerprint density at radius 2 is 1.79 bits per heavy atom. The summed E-state index contributed by atoms with van der Waals surface area (Å²) in [6.45, 7) is 6.15. The fourth-order valence-corrected chi connectivity index (χ4v) is 5.01. The Balaban J connectivity index is 1.33. The van der Waals surface area contributed by atoms with Gasteiger partial charge in [0.25, 0.3) is 5.91 Å². The molecular weight excluding hydrogens is 441 g/mol. The largest absolute Gasteiger partial charge is 0.497 e. The summed E-state index contributed by atoms with van der Waals surface area (Å²) in [5, 5.41) is 5.58. The van der Waals surface area contributed by atoms with Crippen LogP contribution in [0.4, 0.5) is 9.52 Å². The predicted molar refractivity (Wildman–Crippen MR) is 127 cm³/mol. The predicted octanol–water partition coefficient (Wildman–Crippen LogP) is 4.21. The third-order valence-electron chi connectivity index (χ3n) is 5.95. The molecule has 2 aromatic heterocycles. The number of amides is 1. The molecule has 0 saturated carbocycles. The summed E-state index contributed by atoms with van der Waals surface area (Å²) in [6.07, 6.45) is 0. The number of hydrogen-bond donors (Lipinski definition) is 0. The molecule has 0 spiro atoms. The standard InChI is InChI=1S/C24H24FN5O2S/c1-15-4-5-17(14-20(15)25)23(31)28-10-12-29(13-11-28)24-26-22-21(33-24)16(2)27-30(22)18-6-8-19(32-3)9-7-18/h4-9,14H,10-13H2,1-3H3. The summed E-state index contributed by atoms with van der Waals surface area (Å²) < 4.78 is 22.0. The number of aryl methyl sites for hydroxylation is 2. The number of aromatic nitrogens is 3. The van der Waals surface area contributed by atoms with E-state index in [1.54, 1.807) is 42.4 Å². The first kappa shape index (κ1) is 21.4. The molecule has 0 atom stereocenters. The lowest BCUT2D eigenvalue weighted by molar-refractivity contribution is 0.0746. The molecule has 1 fully saturated rings. The second-order valence-corrected chi connectivity index (χ2v) is 9.07. The molecule has 0 unspecified atom stereocenters. The Bertz CT molecular complexity index is 1320. The molecule has 2 aromatic carbocycles. The number of nitrogens with zero attached hydrogens (tertiary/aromatic N) is 5. The molecule has 1 saturated heterocycles. The summed E-state index contributed by atoms with van der Waals surface area (Å²) in [5.74, 6) is 0.303. The SMILES string of the molecule is COc1ccc(-n2nc(C)c3sc(N4CCN(C(=O)c5ccc(C)c(F)c5)CC4)nc32)cc1. The van der Waals surface area contributed by atoms with Gasteiger partial charge < -0.3 is 14.5 Å². The van der Waals surface area contributed by atoms with E-state index in [9.17, 15) is 9.18 Å². The normalized spacial score (nSPS) is 14.2. The summed E-state index contributed by atoms with van der Waals surface area (Å²) in [5.41, 5.74) is 3.61. The molecule has 1 aliphatic heterocycles. The number of thiazole rings is 1. The summed E-state index contributed by atoms with van der Waals surface area (Å²) in [7, 11) is 1.64. The number of methoxy groups -OCH3 is 1. The van der Waals surface area contributed by atoms with E-state index in [0.29, 0.717) is 37.3 Å². The quantitative estimate of drug-likeness (QED) is 0.452. The maximum Gasteiger partial charge on any atom is 0.254 e. The van der Waals surface area contributed by atoms with Crippen LogP contribution < -0.4 is 9.64 Å². The minimum atomic E-state index is -0.352. The first-order chi connectivity index (χ1) is 15.9. The number of anilines is 1. The van der Waals surface area contributed by atoms with Crippen molar-refractivity contribution in [3.8, 4) is 11.4 Å². The van der Waals surface area contributed by atoms with Crippen molar-refractivity contribution in [3.63, 3.8) is 0 Å². The van der Waals surface area contributed by atoms with Gasteiger partial charge in [0.15, 0.2) is 10.8 Å². The number of fused-ring (bicyclic) bond motifs is 1. The number of carbonyl (C=O) groups is 1. The first-order valence-corrected chi connectivity index (χ1v) is 11.6. The van der Waals surface area contributed by atoms with E-state index in [-0.39, 0.29) is 11.7 Å². The van der Waals surface area contributed by atoms with Gasteiger partial charge in [-0.15, -0.1) is 0 Å². The maximum absolute atomic E-state index is 13.9. The van der Waals surface area contributed by atoms with Crippen molar-refractivity contribution in [1.82, 2.24) is 19.7 Å². The average Bonchev–Trinajstić information content (AvgIpc) is 3.41. The van der Waals surface area contributed by atoms with Crippen molar-refractivity contribution in [2.75, 3.05) is 38.2 Å². The molecule has 1 amide bonds. The molecule has 9 heteroatoms. The Labute approximate surface area is 195 Å². The van der Waals surface area contributed by atoms with Crippen LogP contribution >= 0.6 is 11.3 Å². The lowest BCUT2D eigenvalue weighted by Crippen LogP contribution is -2.48. The molecule has 3 heterocycles. The lowest BCUT2D eigenvalue weighted by atomic mass is 10.1. The molecular formula is C24H24FN5O2S. The second-order valence-electron chi connectivity index (χ2n) is 8.09. The highest BCUT2D eigenvalue weighted by atomic mass is 32.1. The molecule has 0 aliphatic carbocycles. The monoisotopic (exact) mass is 465 g/mol. The van der Waals surface area contributed by atoms with Gasteiger partial charge in [-0.2, -0.15) is 10.1 Å². The van der Waals surface area contributed by atoms with E-state index in [1.165, 1.54) is 6.07 Å². The third kappa shape index (κ3) is 3.93. The van der Waals surface area contributed by atoms with Gasteiger partial charge in [-0.3, -0.25) is 4.79 Å². The van der Waals surface area contributed by atoms with Crippen molar-refractivity contribution < 1.29 is 13.9 Å². The summed E-state index contributed by atoms with van der Waals surface area (Å²) in [4.78, 5) is 21.7. The van der Waals surface area contributed by atoms with E-state index >= 15 is 0 Å². The molecule has 33 heavy (non-hydrogen) atoms. The Morgan fingerprint density at radius 3 is 2.45 bits per heavy atom. The van der Waals surface area contributed by atoms with Crippen LogP contribution in [0.25, 0.3) is 16.0 Å². The lowest BCUT2D eigenvalue weighted by Gasteiger charge is -2.34. The Morgan fingerprint density at radius 1 is 1.06 bits per heavy atom. The van der Waals surface area contributed by atoms with Crippen molar-refractivity contribution >= 4 is 32.7 Å². The van der Waals surface area contributed by atoms with Gasteiger partial charge in [0.05, 0.1) is 23.2 Å². The number of carbonyl (C=O) groups excluding carboxylic acids is 1. The van der Waals surface area contributed by atoms with Crippen molar-refractivity contribution in [3.05, 3.63) is 65.1 Å². The number of ether oxygens (including phenoxy) is 1. The van der Waals surface area contributed by atoms with Gasteiger partial charge in [0.1, 0.15) is 11.6 Å². The van der Waals surface area contributed by atoms with Crippen molar-refractivity contribution in [2.24, 2.45) is 0 Å². The number of rotatable bonds is 4. The molecule has 1 aliphatic rings. The van der Waals surface area contributed by atoms with E-state index < -0.39 is 0 Å². The number of hydrogen-bond acceptors (Lipinski definition) is 6. The van der Waals surface area contributed by atoms with Crippen LogP contribution in [0.2, 0.25) is 0 Å². The number of benzene rings is 2. The fraction of sp³-hybridized carbons (Fsp3) is 0.292. The van der Waals surface area contributed by atoms with E-state index in [4.69, 9.17) is 9.72 Å². The van der Waals surface area contributed by atoms with E-state index in [0.717, 1.165) is 32.6 Å². The van der Waals surface area contributed by atoms with Gasteiger partial charge in [0.2, 0.25) is 0 Å². The van der Waals surface area contributed by atoms with Gasteiger partial charge in [-0.25, -0.2) is 9.07 Å². The molecule has 7 nitrogen and oxygen atoms in total. The van der Waals surface area contributed by atoms with Crippen LogP contribution in [0.3, 0.4) is 0 Å². The zero-order valence-electron chi connectivity index (χ0n) is 18.7. The van der Waals surface area contributed by atoms with Crippen molar-refractivity contribution in [1.29, 1.82) is 0 Å². The minimum absolute atomic E-state index is 0.135. The zero-order chi connectivity index (χ0) is 23.1. The zero-order valence-corrected chi connectivity index (χ0v) is 19.5. The van der Waals surface area contributed by atoms with Crippen LogP contribution in [0.1, 0.15) is 21.6 Å². The highest BCUT2D eigenvalue weighted by Crippen LogP contribution is 2.33. The molecule has 5 rings (SSSR count). The van der Waals surface area contributed by atoms with Crippen LogP contribution in [-0.2, 0) is 0 Å². The number of piperazine rings is 1. The fourth-order valence-electron chi connectivity index (χ4n) is 3.97. The molecule has 0 bridgehead atoms. The Hall–Kier alpha value is -3.46. The van der Waals surface area contributed by atoms with Crippen LogP contribution in [0.5, 0.6) is 5.75 Å². The molecule has 170 valence electrons. The Kier molecular flexibility index (Phi) is 5.49. The maximum atomic E-state index is 13.9. The van der Waals surface area contributed by atoms with Gasteiger partial charge >= 0.3 is 0 Å². The smallest absolute Gasteiger partial charge is 0.254 e. The molecule has 4 aromatic rings. The van der Waals surface area contributed by atoms with Gasteiger partial charge in [-0.1, -0.05) is 17.4 Å². The average molecular weight is 466 g/mol. The van der Waals surface area contributed by atoms with Crippen LogP contribution in [0.15, 0.2) is 42.5 Å². The van der Waals surface area contributed by atoms with Gasteiger partial charge in [-0.05, 0) is 55.8 Å².